The van der Waals surface area contributed by atoms with E-state index in [0.717, 1.165) is 41.0 Å². The van der Waals surface area contributed by atoms with Gasteiger partial charge in [0.2, 0.25) is 17.7 Å². The molecule has 0 aliphatic carbocycles. The van der Waals surface area contributed by atoms with Crippen LogP contribution in [0.2, 0.25) is 0 Å². The molecule has 6 nitrogen and oxygen atoms in total. The number of carbonyl (C=O) groups is 3. The van der Waals surface area contributed by atoms with Gasteiger partial charge < -0.3 is 5.32 Å². The van der Waals surface area contributed by atoms with E-state index < -0.39 is 17.4 Å². The fraction of sp³-hybridized carbons (Fsp3) is 0.423. The fourth-order valence-electron chi connectivity index (χ4n) is 5.84. The van der Waals surface area contributed by atoms with Crippen LogP contribution in [-0.4, -0.2) is 47.2 Å². The van der Waals surface area contributed by atoms with E-state index in [2.05, 4.69) is 17.6 Å². The normalized spacial score (nSPS) is 27.9. The van der Waals surface area contributed by atoms with Gasteiger partial charge in [-0.05, 0) is 42.4 Å². The van der Waals surface area contributed by atoms with E-state index in [1.54, 1.807) is 11.8 Å². The Labute approximate surface area is 198 Å². The second kappa shape index (κ2) is 8.61. The molecule has 5 rings (SSSR count). The molecule has 7 heteroatoms. The van der Waals surface area contributed by atoms with Crippen LogP contribution in [0.5, 0.6) is 0 Å². The minimum absolute atomic E-state index is 0.149. The molecule has 4 atom stereocenters. The number of aryl methyl sites for hydroxylation is 1. The molecule has 3 amide bonds. The van der Waals surface area contributed by atoms with Crippen molar-refractivity contribution in [1.29, 1.82) is 0 Å². The van der Waals surface area contributed by atoms with Crippen LogP contribution in [0.3, 0.4) is 0 Å². The summed E-state index contributed by atoms with van der Waals surface area (Å²) in [6, 6.07) is 15.5. The number of imide groups is 1. The predicted molar refractivity (Wildman–Crippen MR) is 130 cm³/mol. The lowest BCUT2D eigenvalue weighted by molar-refractivity contribution is -0.142. The number of nitrogens with one attached hydrogen (secondary N) is 2. The fourth-order valence-corrected chi connectivity index (χ4v) is 6.33. The molecule has 2 saturated heterocycles. The molecule has 2 N–H and O–H groups in total. The molecule has 3 aliphatic heterocycles. The van der Waals surface area contributed by atoms with Crippen LogP contribution in [0.4, 0.5) is 5.69 Å². The number of thioether (sulfide) groups is 1. The van der Waals surface area contributed by atoms with E-state index >= 15 is 0 Å². The summed E-state index contributed by atoms with van der Waals surface area (Å²) in [5.41, 5.74) is 2.53. The van der Waals surface area contributed by atoms with Crippen molar-refractivity contribution in [3.63, 3.8) is 0 Å². The van der Waals surface area contributed by atoms with E-state index in [-0.39, 0.29) is 23.8 Å². The molecule has 3 heterocycles. The number of hydrogen-bond donors (Lipinski definition) is 2. The minimum atomic E-state index is -1.19. The first-order chi connectivity index (χ1) is 16.0. The van der Waals surface area contributed by atoms with Crippen molar-refractivity contribution in [2.75, 3.05) is 23.9 Å². The highest BCUT2D eigenvalue weighted by Gasteiger charge is 2.70. The zero-order valence-corrected chi connectivity index (χ0v) is 19.8. The number of likely N-dealkylation sites (tertiary alicyclic amines) is 1. The molecule has 172 valence electrons. The summed E-state index contributed by atoms with van der Waals surface area (Å²) in [6.07, 6.45) is 4.14. The molecular formula is C26H29N3O3S. The van der Waals surface area contributed by atoms with Crippen molar-refractivity contribution in [2.45, 2.75) is 37.8 Å². The third kappa shape index (κ3) is 3.32. The van der Waals surface area contributed by atoms with Crippen molar-refractivity contribution in [1.82, 2.24) is 10.2 Å². The van der Waals surface area contributed by atoms with Gasteiger partial charge in [-0.1, -0.05) is 55.5 Å². The highest BCUT2D eigenvalue weighted by Crippen LogP contribution is 2.54. The quantitative estimate of drug-likeness (QED) is 0.618. The van der Waals surface area contributed by atoms with Crippen LogP contribution in [0, 0.1) is 11.8 Å². The standard InChI is InChI=1S/C26H29N3O3S/c1-3-17-10-7-11-18-22(17)27-25(32)26(18)21-20(19(28-26)13-15-33-2)23(30)29(24(21)31)14-12-16-8-5-4-6-9-16/h4-11,19-21,28H,3,12-15H2,1-2H3,(H,27,32)/t19-,20-,21-,26-/m1/s1. The average molecular weight is 464 g/mol. The Kier molecular flexibility index (Phi) is 5.79. The first kappa shape index (κ1) is 22.2. The SMILES string of the molecule is CCc1cccc2c1NC(=O)[C@@]21N[C@H](CCSC)[C@H]2C(=O)N(CCc3ccccc3)C(=O)[C@@H]21. The number of amides is 3. The maximum Gasteiger partial charge on any atom is 0.250 e. The van der Waals surface area contributed by atoms with E-state index in [1.807, 2.05) is 54.8 Å². The lowest BCUT2D eigenvalue weighted by Gasteiger charge is -2.29. The molecule has 0 unspecified atom stereocenters. The van der Waals surface area contributed by atoms with Crippen LogP contribution in [0.25, 0.3) is 0 Å². The summed E-state index contributed by atoms with van der Waals surface area (Å²) in [5, 5.41) is 6.58. The van der Waals surface area contributed by atoms with E-state index in [9.17, 15) is 14.4 Å². The average Bonchev–Trinajstić information content (AvgIpc) is 3.41. The highest BCUT2D eigenvalue weighted by molar-refractivity contribution is 7.98. The molecule has 2 aromatic rings. The van der Waals surface area contributed by atoms with Gasteiger partial charge in [0.15, 0.2) is 0 Å². The maximum atomic E-state index is 13.8. The number of anilines is 1. The van der Waals surface area contributed by atoms with Gasteiger partial charge in [0.1, 0.15) is 5.54 Å². The van der Waals surface area contributed by atoms with Gasteiger partial charge in [-0.15, -0.1) is 0 Å². The van der Waals surface area contributed by atoms with E-state index in [1.165, 1.54) is 4.90 Å². The van der Waals surface area contributed by atoms with Gasteiger partial charge in [-0.3, -0.25) is 24.6 Å². The third-order valence-electron chi connectivity index (χ3n) is 7.41. The van der Waals surface area contributed by atoms with Crippen molar-refractivity contribution >= 4 is 35.2 Å². The van der Waals surface area contributed by atoms with Crippen molar-refractivity contribution in [3.05, 3.63) is 65.2 Å². The van der Waals surface area contributed by atoms with Gasteiger partial charge in [0, 0.05) is 23.8 Å². The molecule has 1 spiro atoms. The zero-order chi connectivity index (χ0) is 23.2. The zero-order valence-electron chi connectivity index (χ0n) is 19.0. The van der Waals surface area contributed by atoms with Crippen LogP contribution in [0.15, 0.2) is 48.5 Å². The number of para-hydroxylation sites is 1. The molecule has 0 radical (unpaired) electrons. The molecule has 3 aliphatic rings. The molecule has 2 fully saturated rings. The Morgan fingerprint density at radius 2 is 1.82 bits per heavy atom. The summed E-state index contributed by atoms with van der Waals surface area (Å²) in [6.45, 7) is 2.39. The number of hydrogen-bond acceptors (Lipinski definition) is 5. The van der Waals surface area contributed by atoms with Gasteiger partial charge in [0.05, 0.1) is 11.8 Å². The summed E-state index contributed by atoms with van der Waals surface area (Å²) in [4.78, 5) is 42.4. The van der Waals surface area contributed by atoms with Crippen LogP contribution in [-0.2, 0) is 32.8 Å². The van der Waals surface area contributed by atoms with Gasteiger partial charge in [-0.2, -0.15) is 11.8 Å². The number of rotatable bonds is 7. The molecule has 33 heavy (non-hydrogen) atoms. The largest absolute Gasteiger partial charge is 0.324 e. The van der Waals surface area contributed by atoms with Crippen LogP contribution < -0.4 is 10.6 Å². The summed E-state index contributed by atoms with van der Waals surface area (Å²) in [5.74, 6) is -0.991. The second-order valence-corrected chi connectivity index (χ2v) is 10.0. The molecule has 0 saturated carbocycles. The topological polar surface area (TPSA) is 78.5 Å². The Bertz CT molecular complexity index is 1110. The second-order valence-electron chi connectivity index (χ2n) is 9.05. The molecular weight excluding hydrogens is 434 g/mol. The van der Waals surface area contributed by atoms with Crippen molar-refractivity contribution in [3.8, 4) is 0 Å². The lowest BCUT2D eigenvalue weighted by Crippen LogP contribution is -2.53. The van der Waals surface area contributed by atoms with Crippen LogP contribution >= 0.6 is 11.8 Å². The molecule has 2 aromatic carbocycles. The minimum Gasteiger partial charge on any atom is -0.324 e. The summed E-state index contributed by atoms with van der Waals surface area (Å²) < 4.78 is 0. The summed E-state index contributed by atoms with van der Waals surface area (Å²) in [7, 11) is 0. The predicted octanol–water partition coefficient (Wildman–Crippen LogP) is 2.97. The van der Waals surface area contributed by atoms with E-state index in [4.69, 9.17) is 0 Å². The Hall–Kier alpha value is -2.64. The monoisotopic (exact) mass is 463 g/mol. The van der Waals surface area contributed by atoms with E-state index in [0.29, 0.717) is 13.0 Å². The smallest absolute Gasteiger partial charge is 0.250 e. The number of nitrogens with zero attached hydrogens (tertiary/aromatic N) is 1. The maximum absolute atomic E-state index is 13.8. The Morgan fingerprint density at radius 3 is 2.55 bits per heavy atom. The molecule has 0 aromatic heterocycles. The Balaban J connectivity index is 1.54. The third-order valence-corrected chi connectivity index (χ3v) is 8.05. The van der Waals surface area contributed by atoms with Gasteiger partial charge in [0.25, 0.3) is 0 Å². The number of benzene rings is 2. The first-order valence-corrected chi connectivity index (χ1v) is 13.0. The van der Waals surface area contributed by atoms with Gasteiger partial charge >= 0.3 is 0 Å². The first-order valence-electron chi connectivity index (χ1n) is 11.6. The van der Waals surface area contributed by atoms with Crippen LogP contribution in [0.1, 0.15) is 30.0 Å². The van der Waals surface area contributed by atoms with Crippen molar-refractivity contribution in [2.24, 2.45) is 11.8 Å². The highest BCUT2D eigenvalue weighted by atomic mass is 32.2. The Morgan fingerprint density at radius 1 is 1.03 bits per heavy atom. The number of fused-ring (bicyclic) bond motifs is 4. The lowest BCUT2D eigenvalue weighted by atomic mass is 9.76. The molecule has 0 bridgehead atoms. The van der Waals surface area contributed by atoms with Gasteiger partial charge in [-0.25, -0.2) is 0 Å². The summed E-state index contributed by atoms with van der Waals surface area (Å²) >= 11 is 1.71. The number of carbonyl (C=O) groups excluding carboxylic acids is 3. The van der Waals surface area contributed by atoms with Crippen molar-refractivity contribution < 1.29 is 14.4 Å².